The molecule has 1 aliphatic heterocycles. The first kappa shape index (κ1) is 21.0. The molecule has 0 radical (unpaired) electrons. The van der Waals surface area contributed by atoms with E-state index in [1.807, 2.05) is 31.0 Å². The highest BCUT2D eigenvalue weighted by atomic mass is 19.1. The van der Waals surface area contributed by atoms with Crippen molar-refractivity contribution >= 4 is 5.91 Å². The maximum Gasteiger partial charge on any atom is 0.225 e. The van der Waals surface area contributed by atoms with Crippen molar-refractivity contribution in [3.8, 4) is 23.5 Å². The van der Waals surface area contributed by atoms with Crippen molar-refractivity contribution in [1.29, 1.82) is 0 Å². The van der Waals surface area contributed by atoms with E-state index < -0.39 is 5.54 Å². The predicted molar refractivity (Wildman–Crippen MR) is 113 cm³/mol. The molecule has 2 aromatic carbocycles. The van der Waals surface area contributed by atoms with Gasteiger partial charge in [0.2, 0.25) is 5.91 Å². The molecule has 0 aliphatic carbocycles. The van der Waals surface area contributed by atoms with Crippen molar-refractivity contribution < 1.29 is 14.0 Å². The van der Waals surface area contributed by atoms with Crippen LogP contribution in [-0.2, 0) is 16.1 Å². The fraction of sp³-hybridized carbons (Fsp3) is 0.375. The van der Waals surface area contributed by atoms with Crippen LogP contribution in [0.5, 0.6) is 0 Å². The van der Waals surface area contributed by atoms with E-state index in [-0.39, 0.29) is 18.1 Å². The molecule has 0 bridgehead atoms. The second-order valence-corrected chi connectivity index (χ2v) is 7.60. The second-order valence-electron chi connectivity index (χ2n) is 7.60. The van der Waals surface area contributed by atoms with Crippen molar-refractivity contribution in [3.05, 3.63) is 58.9 Å². The number of hydrogen-bond donors (Lipinski definition) is 1. The van der Waals surface area contributed by atoms with Gasteiger partial charge < -0.3 is 10.2 Å². The van der Waals surface area contributed by atoms with Crippen LogP contribution in [0.1, 0.15) is 29.5 Å². The van der Waals surface area contributed by atoms with Crippen LogP contribution in [-0.4, -0.2) is 36.7 Å². The topological polar surface area (TPSA) is 41.6 Å². The molecule has 1 N–H and O–H groups in total. The monoisotopic (exact) mass is 394 g/mol. The van der Waals surface area contributed by atoms with Crippen LogP contribution in [0.2, 0.25) is 0 Å². The highest BCUT2D eigenvalue weighted by molar-refractivity contribution is 5.82. The van der Waals surface area contributed by atoms with Crippen molar-refractivity contribution in [1.82, 2.24) is 10.4 Å². The zero-order valence-electron chi connectivity index (χ0n) is 17.2. The second kappa shape index (κ2) is 8.77. The van der Waals surface area contributed by atoms with Gasteiger partial charge in [-0.05, 0) is 66.6 Å². The van der Waals surface area contributed by atoms with Crippen LogP contribution < -0.4 is 5.32 Å². The van der Waals surface area contributed by atoms with Gasteiger partial charge in [0.05, 0.1) is 13.5 Å². The number of amides is 1. The lowest BCUT2D eigenvalue weighted by Gasteiger charge is -2.37. The van der Waals surface area contributed by atoms with Crippen LogP contribution in [0, 0.1) is 32.0 Å². The van der Waals surface area contributed by atoms with E-state index in [2.05, 4.69) is 11.2 Å². The van der Waals surface area contributed by atoms with Crippen molar-refractivity contribution in [3.63, 3.8) is 0 Å². The largest absolute Gasteiger partial charge is 0.339 e. The summed E-state index contributed by atoms with van der Waals surface area (Å²) in [7, 11) is 1.64. The predicted octanol–water partition coefficient (Wildman–Crippen LogP) is 3.80. The van der Waals surface area contributed by atoms with Gasteiger partial charge in [-0.1, -0.05) is 30.2 Å². The number of nitrogens with one attached hydrogen (secondary N) is 1. The van der Waals surface area contributed by atoms with E-state index in [0.717, 1.165) is 27.8 Å². The first-order chi connectivity index (χ1) is 13.9. The summed E-state index contributed by atoms with van der Waals surface area (Å²) in [6.07, 6.45) is 7.34. The first-order valence-electron chi connectivity index (χ1n) is 9.80. The number of hydrogen-bond acceptors (Lipinski definition) is 3. The summed E-state index contributed by atoms with van der Waals surface area (Å²) in [5, 5.41) is 4.94. The summed E-state index contributed by atoms with van der Waals surface area (Å²) in [6.45, 7) is 5.36. The smallest absolute Gasteiger partial charge is 0.225 e. The van der Waals surface area contributed by atoms with E-state index in [1.165, 1.54) is 12.1 Å². The van der Waals surface area contributed by atoms with Gasteiger partial charge in [-0.15, -0.1) is 6.42 Å². The van der Waals surface area contributed by atoms with Crippen molar-refractivity contribution in [2.45, 2.75) is 38.6 Å². The Hall–Kier alpha value is -2.68. The Kier molecular flexibility index (Phi) is 6.36. The molecule has 0 unspecified atom stereocenters. The number of piperidine rings is 1. The van der Waals surface area contributed by atoms with E-state index in [9.17, 15) is 9.18 Å². The maximum atomic E-state index is 13.3. The fourth-order valence-electron chi connectivity index (χ4n) is 3.93. The fourth-order valence-corrected chi connectivity index (χ4v) is 3.93. The van der Waals surface area contributed by atoms with Crippen LogP contribution in [0.25, 0.3) is 11.1 Å². The molecule has 0 atom stereocenters. The average molecular weight is 394 g/mol. The summed E-state index contributed by atoms with van der Waals surface area (Å²) >= 11 is 0. The van der Waals surface area contributed by atoms with Crippen LogP contribution in [0.3, 0.4) is 0 Å². The van der Waals surface area contributed by atoms with Gasteiger partial charge in [0.15, 0.2) is 0 Å². The lowest BCUT2D eigenvalue weighted by molar-refractivity contribution is -0.150. The molecule has 1 heterocycles. The Morgan fingerprint density at radius 2 is 1.86 bits per heavy atom. The molecular weight excluding hydrogens is 367 g/mol. The molecule has 1 saturated heterocycles. The third kappa shape index (κ3) is 4.67. The Morgan fingerprint density at radius 1 is 1.21 bits per heavy atom. The Morgan fingerprint density at radius 3 is 2.45 bits per heavy atom. The molecule has 0 aromatic heterocycles. The van der Waals surface area contributed by atoms with Crippen LogP contribution >= 0.6 is 0 Å². The van der Waals surface area contributed by atoms with Crippen LogP contribution in [0.15, 0.2) is 36.4 Å². The summed E-state index contributed by atoms with van der Waals surface area (Å²) < 4.78 is 13.3. The standard InChI is InChI=1S/C24H27FN2O2/c1-5-24(12-14-27(29-4)15-13-24)26-23(28)16-22-17(2)6-11-21(18(22)3)19-7-9-20(25)10-8-19/h1,6-11H,12-16H2,2-4H3,(H,26,28). The summed E-state index contributed by atoms with van der Waals surface area (Å²) in [4.78, 5) is 18.1. The molecule has 1 amide bonds. The molecule has 1 fully saturated rings. The number of aryl methyl sites for hydroxylation is 1. The zero-order valence-corrected chi connectivity index (χ0v) is 17.2. The third-order valence-electron chi connectivity index (χ3n) is 5.81. The number of carbonyl (C=O) groups is 1. The van der Waals surface area contributed by atoms with Crippen molar-refractivity contribution in [2.24, 2.45) is 0 Å². The highest BCUT2D eigenvalue weighted by Crippen LogP contribution is 2.29. The van der Waals surface area contributed by atoms with Gasteiger partial charge in [0.25, 0.3) is 0 Å². The minimum atomic E-state index is -0.636. The molecule has 29 heavy (non-hydrogen) atoms. The Labute approximate surface area is 172 Å². The number of nitrogens with zero attached hydrogens (tertiary/aromatic N) is 1. The quantitative estimate of drug-likeness (QED) is 0.785. The molecule has 5 heteroatoms. The van der Waals surface area contributed by atoms with Gasteiger partial charge in [0.1, 0.15) is 11.4 Å². The van der Waals surface area contributed by atoms with E-state index in [1.54, 1.807) is 19.2 Å². The van der Waals surface area contributed by atoms with Crippen molar-refractivity contribution in [2.75, 3.05) is 20.2 Å². The average Bonchev–Trinajstić information content (AvgIpc) is 2.72. The van der Waals surface area contributed by atoms with Gasteiger partial charge >= 0.3 is 0 Å². The van der Waals surface area contributed by atoms with E-state index in [0.29, 0.717) is 25.9 Å². The first-order valence-corrected chi connectivity index (χ1v) is 9.80. The molecule has 3 rings (SSSR count). The normalized spacial score (nSPS) is 16.2. The Bertz CT molecular complexity index is 923. The number of terminal acetylenes is 1. The number of carbonyl (C=O) groups excluding carboxylic acids is 1. The zero-order chi connectivity index (χ0) is 21.0. The molecule has 0 spiro atoms. The van der Waals surface area contributed by atoms with Crippen LogP contribution in [0.4, 0.5) is 4.39 Å². The summed E-state index contributed by atoms with van der Waals surface area (Å²) in [5.74, 6) is 2.45. The molecular formula is C24H27FN2O2. The van der Waals surface area contributed by atoms with Gasteiger partial charge in [-0.2, -0.15) is 5.06 Å². The summed E-state index contributed by atoms with van der Waals surface area (Å²) in [6, 6.07) is 10.4. The minimum Gasteiger partial charge on any atom is -0.339 e. The number of rotatable bonds is 5. The molecule has 152 valence electrons. The number of hydroxylamine groups is 2. The highest BCUT2D eigenvalue weighted by Gasteiger charge is 2.34. The van der Waals surface area contributed by atoms with Gasteiger partial charge in [-0.25, -0.2) is 4.39 Å². The SMILES string of the molecule is C#CC1(NC(=O)Cc2c(C)ccc(-c3ccc(F)cc3)c2C)CCN(OC)CC1. The molecule has 4 nitrogen and oxygen atoms in total. The van der Waals surface area contributed by atoms with E-state index >= 15 is 0 Å². The summed E-state index contributed by atoms with van der Waals surface area (Å²) in [5.41, 5.74) is 4.34. The molecule has 1 aliphatic rings. The molecule has 2 aromatic rings. The number of halogens is 1. The number of benzene rings is 2. The lowest BCUT2D eigenvalue weighted by Crippen LogP contribution is -2.54. The Balaban J connectivity index is 1.79. The van der Waals surface area contributed by atoms with E-state index in [4.69, 9.17) is 11.3 Å². The van der Waals surface area contributed by atoms with Gasteiger partial charge in [0, 0.05) is 13.1 Å². The van der Waals surface area contributed by atoms with Gasteiger partial charge in [-0.3, -0.25) is 4.79 Å². The third-order valence-corrected chi connectivity index (χ3v) is 5.81. The lowest BCUT2D eigenvalue weighted by atomic mass is 9.88. The maximum absolute atomic E-state index is 13.3. The minimum absolute atomic E-state index is 0.0868. The molecule has 0 saturated carbocycles.